The fourth-order valence-electron chi connectivity index (χ4n) is 3.54. The lowest BCUT2D eigenvalue weighted by molar-refractivity contribution is 0.0915. The molecular formula is C18H25N5O. The standard InChI is InChI=1S/C18H25N5O/c1-13-9-15(23-12-20-11-21-23)7-8-16(13)18(24)22-17(10-19)14-5-3-2-4-6-14/h7-9,11-12,14,17H,2-6,10,19H2,1H3,(H,22,24). The Morgan fingerprint density at radius 2 is 2.17 bits per heavy atom. The van der Waals surface area contributed by atoms with Crippen molar-refractivity contribution in [2.75, 3.05) is 6.54 Å². The largest absolute Gasteiger partial charge is 0.348 e. The Bertz CT molecular complexity index is 677. The van der Waals surface area contributed by atoms with Crippen LogP contribution in [0.2, 0.25) is 0 Å². The molecular weight excluding hydrogens is 302 g/mol. The van der Waals surface area contributed by atoms with Gasteiger partial charge in [0.25, 0.3) is 5.91 Å². The second-order valence-electron chi connectivity index (χ2n) is 6.55. The number of carbonyl (C=O) groups excluding carboxylic acids is 1. The smallest absolute Gasteiger partial charge is 0.251 e. The zero-order chi connectivity index (χ0) is 16.9. The molecule has 0 radical (unpaired) electrons. The van der Waals surface area contributed by atoms with Crippen LogP contribution in [0.5, 0.6) is 0 Å². The monoisotopic (exact) mass is 327 g/mol. The van der Waals surface area contributed by atoms with Gasteiger partial charge in [-0.3, -0.25) is 4.79 Å². The fraction of sp³-hybridized carbons (Fsp3) is 0.500. The van der Waals surface area contributed by atoms with Crippen molar-refractivity contribution in [1.82, 2.24) is 20.1 Å². The number of nitrogens with two attached hydrogens (primary N) is 1. The molecule has 1 unspecified atom stereocenters. The Balaban J connectivity index is 1.72. The lowest BCUT2D eigenvalue weighted by Gasteiger charge is -2.30. The van der Waals surface area contributed by atoms with Crippen LogP contribution in [-0.4, -0.2) is 33.3 Å². The number of nitrogens with zero attached hydrogens (tertiary/aromatic N) is 3. The average molecular weight is 327 g/mol. The van der Waals surface area contributed by atoms with E-state index in [4.69, 9.17) is 5.73 Å². The number of hydrogen-bond acceptors (Lipinski definition) is 4. The van der Waals surface area contributed by atoms with E-state index in [2.05, 4.69) is 15.4 Å². The van der Waals surface area contributed by atoms with E-state index in [1.807, 2.05) is 25.1 Å². The average Bonchev–Trinajstić information content (AvgIpc) is 3.14. The molecule has 128 valence electrons. The second kappa shape index (κ2) is 7.57. The van der Waals surface area contributed by atoms with Crippen molar-refractivity contribution in [3.8, 4) is 5.69 Å². The summed E-state index contributed by atoms with van der Waals surface area (Å²) in [6.07, 6.45) is 9.22. The van der Waals surface area contributed by atoms with Crippen molar-refractivity contribution in [2.45, 2.75) is 45.1 Å². The topological polar surface area (TPSA) is 85.8 Å². The van der Waals surface area contributed by atoms with E-state index in [1.165, 1.54) is 25.6 Å². The van der Waals surface area contributed by atoms with Gasteiger partial charge in [0.2, 0.25) is 0 Å². The first-order valence-corrected chi connectivity index (χ1v) is 8.65. The second-order valence-corrected chi connectivity index (χ2v) is 6.55. The van der Waals surface area contributed by atoms with Gasteiger partial charge in [-0.15, -0.1) is 0 Å². The van der Waals surface area contributed by atoms with Crippen LogP contribution in [0.25, 0.3) is 5.69 Å². The minimum absolute atomic E-state index is 0.0429. The Morgan fingerprint density at radius 3 is 2.79 bits per heavy atom. The van der Waals surface area contributed by atoms with Crippen LogP contribution >= 0.6 is 0 Å². The molecule has 3 rings (SSSR count). The third-order valence-corrected chi connectivity index (χ3v) is 4.93. The molecule has 6 heteroatoms. The molecule has 1 amide bonds. The highest BCUT2D eigenvalue weighted by atomic mass is 16.1. The number of benzene rings is 1. The Morgan fingerprint density at radius 1 is 1.38 bits per heavy atom. The summed E-state index contributed by atoms with van der Waals surface area (Å²) in [5.74, 6) is 0.459. The van der Waals surface area contributed by atoms with Crippen molar-refractivity contribution in [1.29, 1.82) is 0 Å². The fourth-order valence-corrected chi connectivity index (χ4v) is 3.54. The quantitative estimate of drug-likeness (QED) is 0.881. The molecule has 24 heavy (non-hydrogen) atoms. The minimum Gasteiger partial charge on any atom is -0.348 e. The third-order valence-electron chi connectivity index (χ3n) is 4.93. The Labute approximate surface area is 142 Å². The lowest BCUT2D eigenvalue weighted by Crippen LogP contribution is -2.46. The van der Waals surface area contributed by atoms with Crippen LogP contribution < -0.4 is 11.1 Å². The highest BCUT2D eigenvalue weighted by Gasteiger charge is 2.24. The molecule has 1 saturated carbocycles. The third kappa shape index (κ3) is 3.64. The maximum absolute atomic E-state index is 12.7. The van der Waals surface area contributed by atoms with Crippen LogP contribution in [0, 0.1) is 12.8 Å². The SMILES string of the molecule is Cc1cc(-n2cncn2)ccc1C(=O)NC(CN)C1CCCCC1. The van der Waals surface area contributed by atoms with Gasteiger partial charge in [-0.2, -0.15) is 5.10 Å². The van der Waals surface area contributed by atoms with Crippen molar-refractivity contribution in [2.24, 2.45) is 11.7 Å². The summed E-state index contributed by atoms with van der Waals surface area (Å²) in [6, 6.07) is 5.74. The summed E-state index contributed by atoms with van der Waals surface area (Å²) in [7, 11) is 0. The number of amides is 1. The van der Waals surface area contributed by atoms with Gasteiger partial charge in [0, 0.05) is 18.2 Å². The predicted molar refractivity (Wildman–Crippen MR) is 93.0 cm³/mol. The molecule has 1 aromatic carbocycles. The van der Waals surface area contributed by atoms with E-state index in [-0.39, 0.29) is 11.9 Å². The lowest BCUT2D eigenvalue weighted by atomic mass is 9.83. The van der Waals surface area contributed by atoms with E-state index in [0.717, 1.165) is 24.1 Å². The number of aromatic nitrogens is 3. The first-order valence-electron chi connectivity index (χ1n) is 8.65. The maximum Gasteiger partial charge on any atom is 0.251 e. The molecule has 0 bridgehead atoms. The van der Waals surface area contributed by atoms with Crippen LogP contribution in [0.4, 0.5) is 0 Å². The molecule has 6 nitrogen and oxygen atoms in total. The summed E-state index contributed by atoms with van der Waals surface area (Å²) in [5.41, 5.74) is 8.42. The van der Waals surface area contributed by atoms with Gasteiger partial charge in [-0.1, -0.05) is 19.3 Å². The van der Waals surface area contributed by atoms with Crippen LogP contribution in [0.15, 0.2) is 30.9 Å². The van der Waals surface area contributed by atoms with Crippen LogP contribution in [0.3, 0.4) is 0 Å². The Hall–Kier alpha value is -2.21. The summed E-state index contributed by atoms with van der Waals surface area (Å²) in [4.78, 5) is 16.6. The molecule has 3 N–H and O–H groups in total. The zero-order valence-electron chi connectivity index (χ0n) is 14.1. The van der Waals surface area contributed by atoms with Gasteiger partial charge in [0.1, 0.15) is 12.7 Å². The maximum atomic E-state index is 12.7. The summed E-state index contributed by atoms with van der Waals surface area (Å²) in [6.45, 7) is 2.43. The van der Waals surface area contributed by atoms with E-state index < -0.39 is 0 Å². The molecule has 1 aliphatic carbocycles. The number of aryl methyl sites for hydroxylation is 1. The molecule has 0 saturated heterocycles. The van der Waals surface area contributed by atoms with E-state index in [1.54, 1.807) is 11.0 Å². The number of nitrogens with one attached hydrogen (secondary N) is 1. The molecule has 0 spiro atoms. The molecule has 1 heterocycles. The summed E-state index contributed by atoms with van der Waals surface area (Å²) < 4.78 is 1.68. The molecule has 1 atom stereocenters. The number of hydrogen-bond donors (Lipinski definition) is 2. The van der Waals surface area contributed by atoms with Gasteiger partial charge in [0.05, 0.1) is 5.69 Å². The molecule has 1 aromatic heterocycles. The van der Waals surface area contributed by atoms with Gasteiger partial charge in [-0.05, 0) is 49.4 Å². The number of rotatable bonds is 5. The van der Waals surface area contributed by atoms with Crippen molar-refractivity contribution in [3.63, 3.8) is 0 Å². The van der Waals surface area contributed by atoms with Gasteiger partial charge < -0.3 is 11.1 Å². The highest BCUT2D eigenvalue weighted by Crippen LogP contribution is 2.26. The van der Waals surface area contributed by atoms with Crippen LogP contribution in [-0.2, 0) is 0 Å². The van der Waals surface area contributed by atoms with E-state index >= 15 is 0 Å². The highest BCUT2D eigenvalue weighted by molar-refractivity contribution is 5.96. The summed E-state index contributed by atoms with van der Waals surface area (Å²) in [5, 5.41) is 7.26. The molecule has 0 aliphatic heterocycles. The number of carbonyl (C=O) groups is 1. The van der Waals surface area contributed by atoms with Crippen molar-refractivity contribution >= 4 is 5.91 Å². The van der Waals surface area contributed by atoms with Gasteiger partial charge in [0.15, 0.2) is 0 Å². The molecule has 1 aliphatic rings. The van der Waals surface area contributed by atoms with Gasteiger partial charge in [-0.25, -0.2) is 9.67 Å². The van der Waals surface area contributed by atoms with Crippen molar-refractivity contribution < 1.29 is 4.79 Å². The predicted octanol–water partition coefficient (Wildman–Crippen LogP) is 2.21. The van der Waals surface area contributed by atoms with Crippen molar-refractivity contribution in [3.05, 3.63) is 42.0 Å². The first kappa shape index (κ1) is 16.6. The summed E-state index contributed by atoms with van der Waals surface area (Å²) >= 11 is 0. The van der Waals surface area contributed by atoms with E-state index in [0.29, 0.717) is 18.0 Å². The van der Waals surface area contributed by atoms with Gasteiger partial charge >= 0.3 is 0 Å². The first-order chi connectivity index (χ1) is 11.7. The molecule has 1 fully saturated rings. The van der Waals surface area contributed by atoms with E-state index in [9.17, 15) is 4.79 Å². The van der Waals surface area contributed by atoms with Crippen LogP contribution in [0.1, 0.15) is 48.0 Å². The molecule has 2 aromatic rings. The minimum atomic E-state index is -0.0429. The normalized spacial score (nSPS) is 16.8. The Kier molecular flexibility index (Phi) is 5.25. The zero-order valence-corrected chi connectivity index (χ0v) is 14.1.